The lowest BCUT2D eigenvalue weighted by molar-refractivity contribution is -0.131. The summed E-state index contributed by atoms with van der Waals surface area (Å²) in [6.07, 6.45) is 2.90. The molecule has 1 rings (SSSR count). The van der Waals surface area contributed by atoms with Gasteiger partial charge < -0.3 is 14.7 Å². The Morgan fingerprint density at radius 3 is 2.42 bits per heavy atom. The Bertz CT molecular complexity index is 463. The summed E-state index contributed by atoms with van der Waals surface area (Å²) in [5.41, 5.74) is 0.777. The third-order valence-corrected chi connectivity index (χ3v) is 2.38. The molecule has 0 spiro atoms. The van der Waals surface area contributed by atoms with Crippen LogP contribution in [0.1, 0.15) is 12.0 Å². The number of hydrogen-bond acceptors (Lipinski definition) is 3. The van der Waals surface area contributed by atoms with E-state index in [9.17, 15) is 9.59 Å². The van der Waals surface area contributed by atoms with Crippen LogP contribution in [0.3, 0.4) is 0 Å². The van der Waals surface area contributed by atoms with Crippen molar-refractivity contribution in [2.24, 2.45) is 0 Å². The Labute approximate surface area is 112 Å². The molecule has 0 aromatic heterocycles. The van der Waals surface area contributed by atoms with Crippen molar-refractivity contribution in [3.8, 4) is 5.75 Å². The average Bonchev–Trinajstić information content (AvgIpc) is 2.37. The molecule has 0 atom stereocenters. The van der Waals surface area contributed by atoms with Crippen LogP contribution in [0.5, 0.6) is 5.75 Å². The molecule has 5 heteroatoms. The van der Waals surface area contributed by atoms with Gasteiger partial charge in [-0.1, -0.05) is 12.1 Å². The van der Waals surface area contributed by atoms with Gasteiger partial charge in [0.05, 0.1) is 13.0 Å². The topological polar surface area (TPSA) is 66.8 Å². The highest BCUT2D eigenvalue weighted by molar-refractivity contribution is 5.85. The van der Waals surface area contributed by atoms with E-state index >= 15 is 0 Å². The van der Waals surface area contributed by atoms with E-state index in [-0.39, 0.29) is 5.91 Å². The van der Waals surface area contributed by atoms with E-state index in [2.05, 4.69) is 0 Å². The molecule has 19 heavy (non-hydrogen) atoms. The Morgan fingerprint density at radius 2 is 1.89 bits per heavy atom. The van der Waals surface area contributed by atoms with Crippen LogP contribution in [0.4, 0.5) is 0 Å². The maximum Gasteiger partial charge on any atom is 0.328 e. The summed E-state index contributed by atoms with van der Waals surface area (Å²) < 4.78 is 5.42. The molecule has 102 valence electrons. The zero-order valence-electron chi connectivity index (χ0n) is 11.0. The quantitative estimate of drug-likeness (QED) is 0.792. The maximum atomic E-state index is 11.3. The molecule has 0 bridgehead atoms. The fourth-order valence-electron chi connectivity index (χ4n) is 1.32. The third-order valence-electron chi connectivity index (χ3n) is 2.38. The van der Waals surface area contributed by atoms with Gasteiger partial charge in [-0.25, -0.2) is 4.79 Å². The largest absolute Gasteiger partial charge is 0.493 e. The molecule has 1 N–H and O–H groups in total. The summed E-state index contributed by atoms with van der Waals surface area (Å²) in [4.78, 5) is 23.2. The Kier molecular flexibility index (Phi) is 5.60. The fourth-order valence-corrected chi connectivity index (χ4v) is 1.32. The molecule has 1 aromatic rings. The summed E-state index contributed by atoms with van der Waals surface area (Å²) in [7, 11) is 3.40. The van der Waals surface area contributed by atoms with Gasteiger partial charge in [-0.15, -0.1) is 0 Å². The van der Waals surface area contributed by atoms with Gasteiger partial charge in [0.1, 0.15) is 5.75 Å². The second-order valence-corrected chi connectivity index (χ2v) is 4.13. The van der Waals surface area contributed by atoms with Gasteiger partial charge in [0.2, 0.25) is 5.91 Å². The highest BCUT2D eigenvalue weighted by Crippen LogP contribution is 2.13. The molecule has 0 unspecified atom stereocenters. The van der Waals surface area contributed by atoms with Crippen molar-refractivity contribution in [1.29, 1.82) is 0 Å². The molecule has 0 saturated heterocycles. The lowest BCUT2D eigenvalue weighted by Gasteiger charge is -2.10. The molecule has 0 heterocycles. The van der Waals surface area contributed by atoms with E-state index in [4.69, 9.17) is 9.84 Å². The van der Waals surface area contributed by atoms with E-state index in [1.54, 1.807) is 38.4 Å². The van der Waals surface area contributed by atoms with Gasteiger partial charge in [0.15, 0.2) is 0 Å². The van der Waals surface area contributed by atoms with Crippen LogP contribution in [0.15, 0.2) is 30.3 Å². The molecular formula is C14H17NO4. The van der Waals surface area contributed by atoms with Crippen LogP contribution in [0.2, 0.25) is 0 Å². The summed E-state index contributed by atoms with van der Waals surface area (Å²) in [6.45, 7) is 0.321. The number of amides is 1. The normalized spacial score (nSPS) is 10.4. The predicted octanol–water partition coefficient (Wildman–Crippen LogP) is 1.64. The van der Waals surface area contributed by atoms with Gasteiger partial charge in [0.25, 0.3) is 0 Å². The number of carboxylic acid groups (broad SMARTS) is 1. The number of carbonyl (C=O) groups is 2. The van der Waals surface area contributed by atoms with Gasteiger partial charge in [-0.3, -0.25) is 4.79 Å². The summed E-state index contributed by atoms with van der Waals surface area (Å²) in [5.74, 6) is -0.317. The molecule has 0 aliphatic rings. The molecule has 0 saturated carbocycles. The maximum absolute atomic E-state index is 11.3. The van der Waals surface area contributed by atoms with Crippen LogP contribution >= 0.6 is 0 Å². The van der Waals surface area contributed by atoms with Crippen molar-refractivity contribution < 1.29 is 19.4 Å². The minimum atomic E-state index is -0.984. The number of ether oxygens (including phenoxy) is 1. The van der Waals surface area contributed by atoms with Crippen LogP contribution < -0.4 is 4.74 Å². The Hall–Kier alpha value is -2.30. The second kappa shape index (κ2) is 7.20. The SMILES string of the molecule is CN(C)C(=O)CCOc1ccc(/C=C/C(=O)O)cc1. The van der Waals surface area contributed by atoms with Crippen LogP contribution in [-0.4, -0.2) is 42.6 Å². The molecular weight excluding hydrogens is 246 g/mol. The van der Waals surface area contributed by atoms with E-state index in [0.29, 0.717) is 18.8 Å². The van der Waals surface area contributed by atoms with E-state index in [1.807, 2.05) is 0 Å². The first-order chi connectivity index (χ1) is 8.99. The van der Waals surface area contributed by atoms with Crippen LogP contribution in [0.25, 0.3) is 6.08 Å². The standard InChI is InChI=1S/C14H17NO4/c1-15(2)13(16)9-10-19-12-6-3-11(4-7-12)5-8-14(17)18/h3-8H,9-10H2,1-2H3,(H,17,18)/b8-5+. The molecule has 0 fully saturated rings. The summed E-state index contributed by atoms with van der Waals surface area (Å²) in [5, 5.41) is 8.49. The van der Waals surface area contributed by atoms with Crippen molar-refractivity contribution in [1.82, 2.24) is 4.90 Å². The van der Waals surface area contributed by atoms with Crippen molar-refractivity contribution in [3.63, 3.8) is 0 Å². The number of carbonyl (C=O) groups excluding carboxylic acids is 1. The number of aliphatic carboxylic acids is 1. The van der Waals surface area contributed by atoms with E-state index < -0.39 is 5.97 Å². The predicted molar refractivity (Wildman–Crippen MR) is 71.9 cm³/mol. The third kappa shape index (κ3) is 5.72. The first kappa shape index (κ1) is 14.8. The minimum absolute atomic E-state index is 0.0148. The Balaban J connectivity index is 2.44. The molecule has 1 amide bonds. The van der Waals surface area contributed by atoms with Crippen LogP contribution in [0, 0.1) is 0 Å². The van der Waals surface area contributed by atoms with E-state index in [0.717, 1.165) is 11.6 Å². The minimum Gasteiger partial charge on any atom is -0.493 e. The molecule has 0 radical (unpaired) electrons. The van der Waals surface area contributed by atoms with Crippen LogP contribution in [-0.2, 0) is 9.59 Å². The number of rotatable bonds is 6. The van der Waals surface area contributed by atoms with Crippen molar-refractivity contribution in [2.45, 2.75) is 6.42 Å². The average molecular weight is 263 g/mol. The number of hydrogen-bond donors (Lipinski definition) is 1. The van der Waals surface area contributed by atoms with Crippen molar-refractivity contribution in [2.75, 3.05) is 20.7 Å². The lowest BCUT2D eigenvalue weighted by atomic mass is 10.2. The zero-order valence-corrected chi connectivity index (χ0v) is 11.0. The molecule has 0 aliphatic carbocycles. The summed E-state index contributed by atoms with van der Waals surface area (Å²) >= 11 is 0. The van der Waals surface area contributed by atoms with Gasteiger partial charge >= 0.3 is 5.97 Å². The van der Waals surface area contributed by atoms with Crippen molar-refractivity contribution in [3.05, 3.63) is 35.9 Å². The number of carboxylic acids is 1. The first-order valence-corrected chi connectivity index (χ1v) is 5.83. The lowest BCUT2D eigenvalue weighted by Crippen LogP contribution is -2.23. The number of benzene rings is 1. The van der Waals surface area contributed by atoms with Gasteiger partial charge in [-0.05, 0) is 23.8 Å². The Morgan fingerprint density at radius 1 is 1.26 bits per heavy atom. The van der Waals surface area contributed by atoms with Gasteiger partial charge in [0, 0.05) is 20.2 Å². The molecule has 0 aliphatic heterocycles. The van der Waals surface area contributed by atoms with Gasteiger partial charge in [-0.2, -0.15) is 0 Å². The first-order valence-electron chi connectivity index (χ1n) is 5.83. The van der Waals surface area contributed by atoms with Crippen molar-refractivity contribution >= 4 is 18.0 Å². The monoisotopic (exact) mass is 263 g/mol. The second-order valence-electron chi connectivity index (χ2n) is 4.13. The smallest absolute Gasteiger partial charge is 0.328 e. The molecule has 1 aromatic carbocycles. The molecule has 5 nitrogen and oxygen atoms in total. The van der Waals surface area contributed by atoms with E-state index in [1.165, 1.54) is 11.0 Å². The summed E-state index contributed by atoms with van der Waals surface area (Å²) in [6, 6.07) is 6.98. The fraction of sp³-hybridized carbons (Fsp3) is 0.286. The highest BCUT2D eigenvalue weighted by Gasteiger charge is 2.03. The zero-order chi connectivity index (χ0) is 14.3. The number of nitrogens with zero attached hydrogens (tertiary/aromatic N) is 1. The highest BCUT2D eigenvalue weighted by atomic mass is 16.5.